The van der Waals surface area contributed by atoms with Gasteiger partial charge >= 0.3 is 0 Å². The van der Waals surface area contributed by atoms with Crippen LogP contribution in [0.1, 0.15) is 84.0 Å². The van der Waals surface area contributed by atoms with E-state index in [-0.39, 0.29) is 11.8 Å². The van der Waals surface area contributed by atoms with Crippen LogP contribution in [-0.4, -0.2) is 4.21 Å². The van der Waals surface area contributed by atoms with E-state index in [1.54, 1.807) is 0 Å². The van der Waals surface area contributed by atoms with Gasteiger partial charge in [-0.05, 0) is 129 Å². The van der Waals surface area contributed by atoms with Gasteiger partial charge in [0.25, 0.3) is 0 Å². The molecule has 0 aliphatic rings. The maximum absolute atomic E-state index is 17.1. The van der Waals surface area contributed by atoms with Crippen LogP contribution in [-0.2, 0) is 20.3 Å². The molecule has 0 atom stereocenters. The Morgan fingerprint density at radius 2 is 0.615 bits per heavy atom. The van der Waals surface area contributed by atoms with E-state index in [9.17, 15) is 17.6 Å². The first-order chi connectivity index (χ1) is 24.8. The smallest absolute Gasteiger partial charge is 0.123 e. The van der Waals surface area contributed by atoms with Crippen LogP contribution < -0.4 is 0 Å². The predicted octanol–water partition coefficient (Wildman–Crippen LogP) is 11.8. The SMILES string of the molecule is CC(C)c1cc(F)ccc1C(c1ccc(F)cc1)(c1ccc(F)cc1)S(=O)C(c1ccc(F)cc1)(c1ccc(F)cc1)c1ccc(F)cc1C(C)C. The van der Waals surface area contributed by atoms with Crippen LogP contribution >= 0.6 is 0 Å². The van der Waals surface area contributed by atoms with E-state index in [4.69, 9.17) is 0 Å². The Morgan fingerprint density at radius 1 is 0.385 bits per heavy atom. The second-order valence-electron chi connectivity index (χ2n) is 13.4. The lowest BCUT2D eigenvalue weighted by atomic mass is 9.78. The Kier molecular flexibility index (Phi) is 10.3. The molecule has 0 saturated heterocycles. The number of hydrogen-bond acceptors (Lipinski definition) is 1. The van der Waals surface area contributed by atoms with Gasteiger partial charge in [-0.15, -0.1) is 0 Å². The molecular formula is C44H36F6OS. The van der Waals surface area contributed by atoms with Crippen molar-refractivity contribution in [3.8, 4) is 0 Å². The van der Waals surface area contributed by atoms with Crippen LogP contribution in [0.25, 0.3) is 0 Å². The van der Waals surface area contributed by atoms with Crippen molar-refractivity contribution < 1.29 is 30.6 Å². The van der Waals surface area contributed by atoms with E-state index >= 15 is 13.0 Å². The summed E-state index contributed by atoms with van der Waals surface area (Å²) < 4.78 is 103. The Balaban J connectivity index is 1.93. The summed E-state index contributed by atoms with van der Waals surface area (Å²) >= 11 is 0. The van der Waals surface area contributed by atoms with Crippen LogP contribution in [0.15, 0.2) is 133 Å². The summed E-state index contributed by atoms with van der Waals surface area (Å²) in [7, 11) is -2.45. The lowest BCUT2D eigenvalue weighted by molar-refractivity contribution is 0.606. The standard InChI is InChI=1S/C44H36F6OS/c1-27(2)39-25-37(49)21-23-41(39)43(29-5-13-33(45)14-6-29,30-7-15-34(46)16-8-30)52(51)44(31-9-17-35(47)18-10-31,32-11-19-36(48)20-12-32)42-24-22-38(50)26-40(42)28(3)4/h5-28H,1-4H3. The number of benzene rings is 6. The lowest BCUT2D eigenvalue weighted by Gasteiger charge is -2.46. The van der Waals surface area contributed by atoms with Gasteiger partial charge in [-0.25, -0.2) is 26.3 Å². The van der Waals surface area contributed by atoms with Crippen molar-refractivity contribution in [3.63, 3.8) is 0 Å². The van der Waals surface area contributed by atoms with Crippen molar-refractivity contribution in [2.75, 3.05) is 0 Å². The molecule has 8 heteroatoms. The Morgan fingerprint density at radius 3 is 0.846 bits per heavy atom. The van der Waals surface area contributed by atoms with Crippen molar-refractivity contribution in [2.24, 2.45) is 0 Å². The van der Waals surface area contributed by atoms with E-state index in [1.165, 1.54) is 133 Å². The molecule has 0 aromatic heterocycles. The topological polar surface area (TPSA) is 17.1 Å². The molecule has 0 bridgehead atoms. The molecule has 0 spiro atoms. The molecule has 0 N–H and O–H groups in total. The van der Waals surface area contributed by atoms with Gasteiger partial charge in [0, 0.05) is 0 Å². The van der Waals surface area contributed by atoms with Gasteiger partial charge in [0.15, 0.2) is 0 Å². The van der Waals surface area contributed by atoms with Gasteiger partial charge in [0.05, 0.1) is 10.8 Å². The first-order valence-electron chi connectivity index (χ1n) is 16.9. The van der Waals surface area contributed by atoms with Crippen LogP contribution in [0.5, 0.6) is 0 Å². The van der Waals surface area contributed by atoms with Gasteiger partial charge in [-0.2, -0.15) is 0 Å². The number of hydrogen-bond donors (Lipinski definition) is 0. The second-order valence-corrected chi connectivity index (χ2v) is 15.2. The Hall–Kier alpha value is -4.95. The van der Waals surface area contributed by atoms with E-state index in [0.717, 1.165) is 0 Å². The van der Waals surface area contributed by atoms with Crippen LogP contribution in [0.3, 0.4) is 0 Å². The van der Waals surface area contributed by atoms with Gasteiger partial charge in [-0.1, -0.05) is 88.4 Å². The first-order valence-corrected chi connectivity index (χ1v) is 18.0. The quantitative estimate of drug-likeness (QED) is 0.101. The largest absolute Gasteiger partial charge is 0.256 e. The summed E-state index contributed by atoms with van der Waals surface area (Å²) in [4.78, 5) is 0. The van der Waals surface area contributed by atoms with Gasteiger partial charge in [0.1, 0.15) is 44.4 Å². The minimum atomic E-state index is -2.45. The molecule has 0 amide bonds. The van der Waals surface area contributed by atoms with Crippen LogP contribution in [0.4, 0.5) is 26.3 Å². The average Bonchev–Trinajstić information content (AvgIpc) is 3.12. The highest BCUT2D eigenvalue weighted by Gasteiger charge is 2.56. The van der Waals surface area contributed by atoms with E-state index in [0.29, 0.717) is 44.5 Å². The molecular weight excluding hydrogens is 691 g/mol. The van der Waals surface area contributed by atoms with E-state index < -0.39 is 55.2 Å². The molecule has 0 aliphatic carbocycles. The predicted molar refractivity (Wildman–Crippen MR) is 194 cm³/mol. The molecule has 6 rings (SSSR count). The van der Waals surface area contributed by atoms with Crippen molar-refractivity contribution >= 4 is 10.8 Å². The highest BCUT2D eigenvalue weighted by atomic mass is 32.2. The number of rotatable bonds is 10. The lowest BCUT2D eigenvalue weighted by Crippen LogP contribution is -2.48. The summed E-state index contributed by atoms with van der Waals surface area (Å²) in [6.07, 6.45) is 0. The van der Waals surface area contributed by atoms with Crippen molar-refractivity contribution in [1.82, 2.24) is 0 Å². The fraction of sp³-hybridized carbons (Fsp3) is 0.182. The highest BCUT2D eigenvalue weighted by Crippen LogP contribution is 2.56. The number of halogens is 6. The van der Waals surface area contributed by atoms with Crippen LogP contribution in [0, 0.1) is 34.9 Å². The minimum absolute atomic E-state index is 0.314. The highest BCUT2D eigenvalue weighted by molar-refractivity contribution is 7.88. The molecule has 52 heavy (non-hydrogen) atoms. The maximum Gasteiger partial charge on any atom is 0.123 e. The van der Waals surface area contributed by atoms with Gasteiger partial charge in [0.2, 0.25) is 0 Å². The van der Waals surface area contributed by atoms with Crippen LogP contribution in [0.2, 0.25) is 0 Å². The average molecular weight is 727 g/mol. The van der Waals surface area contributed by atoms with Gasteiger partial charge < -0.3 is 0 Å². The monoisotopic (exact) mass is 726 g/mol. The maximum atomic E-state index is 17.1. The zero-order chi connectivity index (χ0) is 37.4. The Bertz CT molecular complexity index is 1960. The molecule has 0 saturated carbocycles. The third-order valence-corrected chi connectivity index (χ3v) is 12.1. The normalized spacial score (nSPS) is 12.2. The van der Waals surface area contributed by atoms with E-state index in [1.807, 2.05) is 27.7 Å². The summed E-state index contributed by atoms with van der Waals surface area (Å²) in [5.41, 5.74) is 2.95. The first kappa shape index (κ1) is 36.8. The fourth-order valence-corrected chi connectivity index (χ4v) is 9.85. The summed E-state index contributed by atoms with van der Waals surface area (Å²) in [6, 6.07) is 29.9. The molecule has 6 aromatic rings. The molecule has 6 aromatic carbocycles. The summed E-state index contributed by atoms with van der Waals surface area (Å²) in [5, 5.41) is 0. The third-order valence-electron chi connectivity index (χ3n) is 9.59. The molecule has 0 fully saturated rings. The molecule has 0 radical (unpaired) electrons. The third kappa shape index (κ3) is 6.38. The zero-order valence-electron chi connectivity index (χ0n) is 28.9. The summed E-state index contributed by atoms with van der Waals surface area (Å²) in [5.74, 6) is -4.07. The molecule has 0 unspecified atom stereocenters. The van der Waals surface area contributed by atoms with E-state index in [2.05, 4.69) is 0 Å². The van der Waals surface area contributed by atoms with Crippen molar-refractivity contribution in [3.05, 3.63) is 213 Å². The zero-order valence-corrected chi connectivity index (χ0v) is 29.8. The molecule has 0 aliphatic heterocycles. The minimum Gasteiger partial charge on any atom is -0.256 e. The molecule has 1 nitrogen and oxygen atoms in total. The molecule has 266 valence electrons. The Labute approximate surface area is 302 Å². The summed E-state index contributed by atoms with van der Waals surface area (Å²) in [6.45, 7) is 7.41. The fourth-order valence-electron chi connectivity index (χ4n) is 7.22. The van der Waals surface area contributed by atoms with Gasteiger partial charge in [-0.3, -0.25) is 4.21 Å². The molecule has 0 heterocycles. The van der Waals surface area contributed by atoms with Crippen molar-refractivity contribution in [1.29, 1.82) is 0 Å². The second kappa shape index (κ2) is 14.6. The van der Waals surface area contributed by atoms with Crippen molar-refractivity contribution in [2.45, 2.75) is 49.0 Å².